The van der Waals surface area contributed by atoms with Gasteiger partial charge in [0, 0.05) is 5.69 Å². The third-order valence-electron chi connectivity index (χ3n) is 3.96. The van der Waals surface area contributed by atoms with Crippen LogP contribution < -0.4 is 20.1 Å². The van der Waals surface area contributed by atoms with Crippen LogP contribution in [0.25, 0.3) is 0 Å². The lowest BCUT2D eigenvalue weighted by atomic mass is 10.1. The average Bonchev–Trinajstić information content (AvgIpc) is 2.69. The molecular formula is C21H26N2O4S. The molecule has 0 fully saturated rings. The van der Waals surface area contributed by atoms with Gasteiger partial charge in [-0.25, -0.2) is 4.79 Å². The first-order valence-corrected chi connectivity index (χ1v) is 9.54. The molecule has 0 radical (unpaired) electrons. The van der Waals surface area contributed by atoms with Crippen molar-refractivity contribution in [1.29, 1.82) is 0 Å². The van der Waals surface area contributed by atoms with E-state index in [0.29, 0.717) is 35.3 Å². The fourth-order valence-corrected chi connectivity index (χ4v) is 2.92. The van der Waals surface area contributed by atoms with E-state index in [2.05, 4.69) is 10.6 Å². The molecule has 7 heteroatoms. The highest BCUT2D eigenvalue weighted by molar-refractivity contribution is 7.80. The Balaban J connectivity index is 2.06. The predicted molar refractivity (Wildman–Crippen MR) is 114 cm³/mol. The van der Waals surface area contributed by atoms with E-state index in [1.807, 2.05) is 45.0 Å². The monoisotopic (exact) mass is 402 g/mol. The Labute approximate surface area is 171 Å². The number of benzene rings is 2. The van der Waals surface area contributed by atoms with E-state index in [-0.39, 0.29) is 6.04 Å². The number of anilines is 1. The van der Waals surface area contributed by atoms with Gasteiger partial charge in [-0.1, -0.05) is 12.1 Å². The van der Waals surface area contributed by atoms with Gasteiger partial charge in [0.2, 0.25) is 0 Å². The lowest BCUT2D eigenvalue weighted by molar-refractivity contribution is 0.0601. The summed E-state index contributed by atoms with van der Waals surface area (Å²) in [6.45, 7) is 7.01. The van der Waals surface area contributed by atoms with Crippen molar-refractivity contribution in [3.05, 3.63) is 53.6 Å². The number of methoxy groups -OCH3 is 1. The maximum absolute atomic E-state index is 11.7. The zero-order chi connectivity index (χ0) is 20.5. The maximum Gasteiger partial charge on any atom is 0.337 e. The summed E-state index contributed by atoms with van der Waals surface area (Å²) in [5.74, 6) is 1.04. The molecule has 150 valence electrons. The highest BCUT2D eigenvalue weighted by atomic mass is 32.1. The number of nitrogens with one attached hydrogen (secondary N) is 2. The quantitative estimate of drug-likeness (QED) is 0.503. The van der Waals surface area contributed by atoms with Crippen molar-refractivity contribution in [3.63, 3.8) is 0 Å². The van der Waals surface area contributed by atoms with Gasteiger partial charge < -0.3 is 24.8 Å². The van der Waals surface area contributed by atoms with E-state index in [9.17, 15) is 4.79 Å². The molecule has 2 aromatic carbocycles. The van der Waals surface area contributed by atoms with Crippen LogP contribution in [-0.4, -0.2) is 31.4 Å². The summed E-state index contributed by atoms with van der Waals surface area (Å²) in [5.41, 5.74) is 2.17. The van der Waals surface area contributed by atoms with Crippen molar-refractivity contribution < 1.29 is 19.0 Å². The summed E-state index contributed by atoms with van der Waals surface area (Å²) in [6.07, 6.45) is 0. The molecule has 1 atom stereocenters. The van der Waals surface area contributed by atoms with Gasteiger partial charge in [0.1, 0.15) is 0 Å². The molecule has 0 unspecified atom stereocenters. The second-order valence-electron chi connectivity index (χ2n) is 5.96. The first kappa shape index (κ1) is 21.5. The standard InChI is InChI=1S/C21H26N2O4S/c1-5-26-18-11-10-15(13-19(18)27-6-2)14(3)22-21(28)23-17-9-7-8-16(12-17)20(24)25-4/h7-14H,5-6H2,1-4H3,(H2,22,23,28)/t14-/m0/s1. The molecule has 2 rings (SSSR count). The summed E-state index contributed by atoms with van der Waals surface area (Å²) in [6, 6.07) is 12.7. The van der Waals surface area contributed by atoms with Gasteiger partial charge in [0.25, 0.3) is 0 Å². The number of hydrogen-bond acceptors (Lipinski definition) is 5. The van der Waals surface area contributed by atoms with Crippen molar-refractivity contribution in [2.24, 2.45) is 0 Å². The molecule has 0 aliphatic rings. The Morgan fingerprint density at radius 2 is 1.79 bits per heavy atom. The van der Waals surface area contributed by atoms with Crippen molar-refractivity contribution in [3.8, 4) is 11.5 Å². The van der Waals surface area contributed by atoms with Gasteiger partial charge in [0.15, 0.2) is 16.6 Å². The number of hydrogen-bond donors (Lipinski definition) is 2. The molecule has 0 bridgehead atoms. The minimum absolute atomic E-state index is 0.0568. The summed E-state index contributed by atoms with van der Waals surface area (Å²) in [5, 5.41) is 6.77. The van der Waals surface area contributed by atoms with Gasteiger partial charge in [-0.05, 0) is 68.9 Å². The van der Waals surface area contributed by atoms with E-state index >= 15 is 0 Å². The summed E-state index contributed by atoms with van der Waals surface area (Å²) in [7, 11) is 1.35. The van der Waals surface area contributed by atoms with E-state index in [1.54, 1.807) is 18.2 Å². The molecule has 0 aliphatic carbocycles. The molecule has 2 N–H and O–H groups in total. The minimum atomic E-state index is -0.395. The molecule has 0 amide bonds. The highest BCUT2D eigenvalue weighted by Crippen LogP contribution is 2.30. The van der Waals surface area contributed by atoms with Crippen molar-refractivity contribution in [2.75, 3.05) is 25.6 Å². The Hall–Kier alpha value is -2.80. The van der Waals surface area contributed by atoms with Crippen molar-refractivity contribution in [1.82, 2.24) is 5.32 Å². The van der Waals surface area contributed by atoms with Crippen molar-refractivity contribution in [2.45, 2.75) is 26.8 Å². The Kier molecular flexibility index (Phi) is 8.07. The first-order chi connectivity index (χ1) is 13.5. The smallest absolute Gasteiger partial charge is 0.337 e. The second-order valence-corrected chi connectivity index (χ2v) is 6.37. The van der Waals surface area contributed by atoms with E-state index in [1.165, 1.54) is 7.11 Å². The van der Waals surface area contributed by atoms with E-state index in [4.69, 9.17) is 26.4 Å². The molecule has 6 nitrogen and oxygen atoms in total. The number of ether oxygens (including phenoxy) is 3. The SMILES string of the molecule is CCOc1ccc([C@H](C)NC(=S)Nc2cccc(C(=O)OC)c2)cc1OCC. The zero-order valence-corrected chi connectivity index (χ0v) is 17.4. The van der Waals surface area contributed by atoms with Crippen LogP contribution in [0, 0.1) is 0 Å². The molecule has 0 aromatic heterocycles. The lowest BCUT2D eigenvalue weighted by Gasteiger charge is -2.19. The third-order valence-corrected chi connectivity index (χ3v) is 4.18. The number of esters is 1. The number of thiocarbonyl (C=S) groups is 1. The summed E-state index contributed by atoms with van der Waals surface area (Å²) < 4.78 is 16.0. The summed E-state index contributed by atoms with van der Waals surface area (Å²) >= 11 is 5.41. The normalized spacial score (nSPS) is 11.3. The van der Waals surface area contributed by atoms with Crippen LogP contribution in [0.2, 0.25) is 0 Å². The fourth-order valence-electron chi connectivity index (χ4n) is 2.63. The predicted octanol–water partition coefficient (Wildman–Crippen LogP) is 4.32. The van der Waals surface area contributed by atoms with Crippen LogP contribution >= 0.6 is 12.2 Å². The van der Waals surface area contributed by atoms with Crippen LogP contribution in [0.1, 0.15) is 42.7 Å². The first-order valence-electron chi connectivity index (χ1n) is 9.13. The van der Waals surface area contributed by atoms with Gasteiger partial charge >= 0.3 is 5.97 Å². The maximum atomic E-state index is 11.7. The van der Waals surface area contributed by atoms with Gasteiger partial charge in [0.05, 0.1) is 31.9 Å². The fraction of sp³-hybridized carbons (Fsp3) is 0.333. The Bertz CT molecular complexity index is 826. The van der Waals surface area contributed by atoms with Crippen LogP contribution in [0.5, 0.6) is 11.5 Å². The number of carbonyl (C=O) groups is 1. The third kappa shape index (κ3) is 5.85. The minimum Gasteiger partial charge on any atom is -0.490 e. The van der Waals surface area contributed by atoms with Crippen LogP contribution in [-0.2, 0) is 4.74 Å². The lowest BCUT2D eigenvalue weighted by Crippen LogP contribution is -2.31. The average molecular weight is 403 g/mol. The van der Waals surface area contributed by atoms with Gasteiger partial charge in [-0.3, -0.25) is 0 Å². The van der Waals surface area contributed by atoms with Crippen LogP contribution in [0.4, 0.5) is 5.69 Å². The summed E-state index contributed by atoms with van der Waals surface area (Å²) in [4.78, 5) is 11.7. The molecule has 0 heterocycles. The topological polar surface area (TPSA) is 68.8 Å². The highest BCUT2D eigenvalue weighted by Gasteiger charge is 2.13. The number of carbonyl (C=O) groups excluding carboxylic acids is 1. The van der Waals surface area contributed by atoms with Gasteiger partial charge in [-0.15, -0.1) is 0 Å². The molecule has 0 saturated heterocycles. The molecule has 0 aliphatic heterocycles. The zero-order valence-electron chi connectivity index (χ0n) is 16.6. The Morgan fingerprint density at radius 3 is 2.46 bits per heavy atom. The van der Waals surface area contributed by atoms with Crippen LogP contribution in [0.3, 0.4) is 0 Å². The molecule has 2 aromatic rings. The molecular weight excluding hydrogens is 376 g/mol. The van der Waals surface area contributed by atoms with E-state index < -0.39 is 5.97 Å². The van der Waals surface area contributed by atoms with Crippen molar-refractivity contribution >= 4 is 29.0 Å². The van der Waals surface area contributed by atoms with E-state index in [0.717, 1.165) is 11.3 Å². The Morgan fingerprint density at radius 1 is 1.07 bits per heavy atom. The van der Waals surface area contributed by atoms with Gasteiger partial charge in [-0.2, -0.15) is 0 Å². The van der Waals surface area contributed by atoms with Crippen LogP contribution in [0.15, 0.2) is 42.5 Å². The molecule has 0 saturated carbocycles. The molecule has 0 spiro atoms. The second kappa shape index (κ2) is 10.5. The largest absolute Gasteiger partial charge is 0.490 e. The number of rotatable bonds is 8. The molecule has 28 heavy (non-hydrogen) atoms.